The van der Waals surface area contributed by atoms with Gasteiger partial charge in [-0.15, -0.1) is 0 Å². The molecule has 2 aromatic carbocycles. The van der Waals surface area contributed by atoms with Gasteiger partial charge in [0.1, 0.15) is 5.75 Å². The van der Waals surface area contributed by atoms with E-state index in [-0.39, 0.29) is 12.5 Å². The van der Waals surface area contributed by atoms with Crippen molar-refractivity contribution in [1.82, 2.24) is 4.90 Å². The molecule has 0 atom stereocenters. The third-order valence-corrected chi connectivity index (χ3v) is 3.22. The smallest absolute Gasteiger partial charge is 0.241 e. The number of carbonyl (C=O) groups excluding carboxylic acids is 1. The van der Waals surface area contributed by atoms with Crippen LogP contribution in [0.4, 0.5) is 5.69 Å². The van der Waals surface area contributed by atoms with Crippen molar-refractivity contribution < 1.29 is 9.53 Å². The van der Waals surface area contributed by atoms with Gasteiger partial charge in [0, 0.05) is 19.3 Å². The standard InChI is InChI=1S/C17H20N2O2/c1-19(13-14-6-4-3-5-7-14)17(20)12-18-15-8-10-16(21-2)11-9-15/h3-11,18H,12-13H2,1-2H3. The van der Waals surface area contributed by atoms with E-state index in [0.717, 1.165) is 17.0 Å². The summed E-state index contributed by atoms with van der Waals surface area (Å²) in [7, 11) is 3.44. The molecule has 2 aromatic rings. The molecule has 0 saturated heterocycles. The molecule has 0 heterocycles. The van der Waals surface area contributed by atoms with Crippen LogP contribution in [0.1, 0.15) is 5.56 Å². The molecule has 2 rings (SSSR count). The summed E-state index contributed by atoms with van der Waals surface area (Å²) in [5.41, 5.74) is 2.02. The fraction of sp³-hybridized carbons (Fsp3) is 0.235. The van der Waals surface area contributed by atoms with Gasteiger partial charge in [-0.2, -0.15) is 0 Å². The van der Waals surface area contributed by atoms with Gasteiger partial charge in [0.2, 0.25) is 5.91 Å². The first-order valence-corrected chi connectivity index (χ1v) is 6.85. The Balaban J connectivity index is 1.83. The Hall–Kier alpha value is -2.49. The van der Waals surface area contributed by atoms with E-state index >= 15 is 0 Å². The number of ether oxygens (including phenoxy) is 1. The normalized spacial score (nSPS) is 10.0. The molecule has 4 nitrogen and oxygen atoms in total. The van der Waals surface area contributed by atoms with E-state index in [9.17, 15) is 4.79 Å². The fourth-order valence-corrected chi connectivity index (χ4v) is 1.97. The van der Waals surface area contributed by atoms with Crippen LogP contribution in [0.25, 0.3) is 0 Å². The number of anilines is 1. The Kier molecular flexibility index (Phi) is 5.21. The van der Waals surface area contributed by atoms with Crippen molar-refractivity contribution in [2.75, 3.05) is 26.0 Å². The average Bonchev–Trinajstić information content (AvgIpc) is 2.54. The Bertz CT molecular complexity index is 567. The lowest BCUT2D eigenvalue weighted by atomic mass is 10.2. The minimum absolute atomic E-state index is 0.0506. The predicted molar refractivity (Wildman–Crippen MR) is 84.4 cm³/mol. The first kappa shape index (κ1) is 14.9. The summed E-state index contributed by atoms with van der Waals surface area (Å²) in [6.45, 7) is 0.889. The monoisotopic (exact) mass is 284 g/mol. The van der Waals surface area contributed by atoms with Gasteiger partial charge in [0.05, 0.1) is 13.7 Å². The lowest BCUT2D eigenvalue weighted by Crippen LogP contribution is -2.31. The molecule has 0 aliphatic carbocycles. The third kappa shape index (κ3) is 4.53. The van der Waals surface area contributed by atoms with E-state index in [0.29, 0.717) is 6.54 Å². The molecule has 0 fully saturated rings. The molecule has 1 amide bonds. The Labute approximate surface area is 125 Å². The van der Waals surface area contributed by atoms with E-state index in [4.69, 9.17) is 4.74 Å². The van der Waals surface area contributed by atoms with Crippen LogP contribution < -0.4 is 10.1 Å². The van der Waals surface area contributed by atoms with Crippen molar-refractivity contribution >= 4 is 11.6 Å². The van der Waals surface area contributed by atoms with Crippen LogP contribution >= 0.6 is 0 Å². The van der Waals surface area contributed by atoms with Gasteiger partial charge in [-0.25, -0.2) is 0 Å². The highest BCUT2D eigenvalue weighted by Crippen LogP contribution is 2.14. The number of benzene rings is 2. The summed E-state index contributed by atoms with van der Waals surface area (Å²) in [5, 5.41) is 3.12. The molecule has 0 bridgehead atoms. The quantitative estimate of drug-likeness (QED) is 0.887. The van der Waals surface area contributed by atoms with E-state index in [1.165, 1.54) is 0 Å². The number of hydrogen-bond acceptors (Lipinski definition) is 3. The summed E-state index contributed by atoms with van der Waals surface area (Å²) in [4.78, 5) is 13.8. The lowest BCUT2D eigenvalue weighted by Gasteiger charge is -2.18. The molecular formula is C17H20N2O2. The maximum Gasteiger partial charge on any atom is 0.241 e. The predicted octanol–water partition coefficient (Wildman–Crippen LogP) is 2.77. The van der Waals surface area contributed by atoms with E-state index in [1.54, 1.807) is 12.0 Å². The number of methoxy groups -OCH3 is 1. The number of hydrogen-bond donors (Lipinski definition) is 1. The summed E-state index contributed by atoms with van der Waals surface area (Å²) >= 11 is 0. The highest BCUT2D eigenvalue weighted by atomic mass is 16.5. The van der Waals surface area contributed by atoms with Crippen LogP contribution in [-0.2, 0) is 11.3 Å². The van der Waals surface area contributed by atoms with Crippen molar-refractivity contribution in [2.45, 2.75) is 6.54 Å². The van der Waals surface area contributed by atoms with Crippen LogP contribution in [0.15, 0.2) is 54.6 Å². The molecule has 4 heteroatoms. The first-order chi connectivity index (χ1) is 10.2. The molecule has 1 N–H and O–H groups in total. The van der Waals surface area contributed by atoms with Crippen molar-refractivity contribution in [3.05, 3.63) is 60.2 Å². The summed E-state index contributed by atoms with van der Waals surface area (Å²) in [6.07, 6.45) is 0. The largest absolute Gasteiger partial charge is 0.497 e. The second kappa shape index (κ2) is 7.33. The maximum atomic E-state index is 12.1. The molecule has 0 aliphatic heterocycles. The van der Waals surface area contributed by atoms with Crippen LogP contribution in [0.2, 0.25) is 0 Å². The summed E-state index contributed by atoms with van der Waals surface area (Å²) in [5.74, 6) is 0.850. The number of rotatable bonds is 6. The van der Waals surface area contributed by atoms with Gasteiger partial charge in [-0.3, -0.25) is 4.79 Å². The minimum atomic E-state index is 0.0506. The van der Waals surface area contributed by atoms with Gasteiger partial charge in [0.25, 0.3) is 0 Å². The number of nitrogens with zero attached hydrogens (tertiary/aromatic N) is 1. The van der Waals surface area contributed by atoms with Crippen LogP contribution in [0, 0.1) is 0 Å². The zero-order chi connectivity index (χ0) is 15.1. The molecule has 0 aliphatic rings. The Morgan fingerprint density at radius 1 is 1.10 bits per heavy atom. The number of nitrogens with one attached hydrogen (secondary N) is 1. The highest BCUT2D eigenvalue weighted by molar-refractivity contribution is 5.80. The van der Waals surface area contributed by atoms with Crippen molar-refractivity contribution in [1.29, 1.82) is 0 Å². The number of likely N-dealkylation sites (N-methyl/N-ethyl adjacent to an activating group) is 1. The summed E-state index contributed by atoms with van der Waals surface area (Å²) in [6, 6.07) is 17.5. The van der Waals surface area contributed by atoms with Crippen molar-refractivity contribution in [2.24, 2.45) is 0 Å². The van der Waals surface area contributed by atoms with Crippen molar-refractivity contribution in [3.63, 3.8) is 0 Å². The SMILES string of the molecule is COc1ccc(NCC(=O)N(C)Cc2ccccc2)cc1. The molecule has 0 aromatic heterocycles. The molecule has 0 spiro atoms. The molecule has 21 heavy (non-hydrogen) atoms. The van der Waals surface area contributed by atoms with E-state index in [2.05, 4.69) is 5.32 Å². The third-order valence-electron chi connectivity index (χ3n) is 3.22. The highest BCUT2D eigenvalue weighted by Gasteiger charge is 2.08. The maximum absolute atomic E-state index is 12.1. The molecule has 110 valence electrons. The fourth-order valence-electron chi connectivity index (χ4n) is 1.97. The topological polar surface area (TPSA) is 41.6 Å². The van der Waals surface area contributed by atoms with Crippen LogP contribution in [0.5, 0.6) is 5.75 Å². The zero-order valence-electron chi connectivity index (χ0n) is 12.4. The van der Waals surface area contributed by atoms with Gasteiger partial charge in [-0.1, -0.05) is 30.3 Å². The molecule has 0 radical (unpaired) electrons. The minimum Gasteiger partial charge on any atom is -0.497 e. The molecular weight excluding hydrogens is 264 g/mol. The number of carbonyl (C=O) groups is 1. The van der Waals surface area contributed by atoms with Gasteiger partial charge in [0.15, 0.2) is 0 Å². The lowest BCUT2D eigenvalue weighted by molar-refractivity contribution is -0.128. The van der Waals surface area contributed by atoms with Crippen LogP contribution in [0.3, 0.4) is 0 Å². The second-order valence-electron chi connectivity index (χ2n) is 4.82. The zero-order valence-corrected chi connectivity index (χ0v) is 12.4. The molecule has 0 unspecified atom stereocenters. The summed E-state index contributed by atoms with van der Waals surface area (Å²) < 4.78 is 5.10. The second-order valence-corrected chi connectivity index (χ2v) is 4.82. The Morgan fingerprint density at radius 2 is 1.76 bits per heavy atom. The number of amides is 1. The van der Waals surface area contributed by atoms with Crippen molar-refractivity contribution in [3.8, 4) is 5.75 Å². The van der Waals surface area contributed by atoms with Gasteiger partial charge in [-0.05, 0) is 29.8 Å². The van der Waals surface area contributed by atoms with Gasteiger partial charge < -0.3 is 15.0 Å². The first-order valence-electron chi connectivity index (χ1n) is 6.85. The van der Waals surface area contributed by atoms with Crippen LogP contribution in [-0.4, -0.2) is 31.5 Å². The average molecular weight is 284 g/mol. The van der Waals surface area contributed by atoms with E-state index < -0.39 is 0 Å². The van der Waals surface area contributed by atoms with E-state index in [1.807, 2.05) is 61.6 Å². The van der Waals surface area contributed by atoms with Gasteiger partial charge >= 0.3 is 0 Å². The molecule has 0 saturated carbocycles. The Morgan fingerprint density at radius 3 is 2.38 bits per heavy atom.